The Morgan fingerprint density at radius 1 is 1.00 bits per heavy atom. The fraction of sp³-hybridized carbons (Fsp3) is 0.300. The van der Waals surface area contributed by atoms with Crippen molar-refractivity contribution in [3.8, 4) is 0 Å². The van der Waals surface area contributed by atoms with Crippen LogP contribution in [-0.4, -0.2) is 44.1 Å². The van der Waals surface area contributed by atoms with Crippen molar-refractivity contribution in [1.82, 2.24) is 10.2 Å². The molecule has 2 aromatic rings. The Kier molecular flexibility index (Phi) is 7.17. The summed E-state index contributed by atoms with van der Waals surface area (Å²) in [6.07, 6.45) is 0.429. The van der Waals surface area contributed by atoms with Crippen LogP contribution < -0.4 is 10.6 Å². The van der Waals surface area contributed by atoms with E-state index in [4.69, 9.17) is 4.74 Å². The van der Waals surface area contributed by atoms with E-state index in [1.807, 2.05) is 42.5 Å². The quantitative estimate of drug-likeness (QED) is 0.802. The Bertz CT molecular complexity index is 715. The first kappa shape index (κ1) is 19.5. The van der Waals surface area contributed by atoms with E-state index < -0.39 is 12.1 Å². The lowest BCUT2D eigenvalue weighted by Crippen LogP contribution is -2.48. The van der Waals surface area contributed by atoms with Gasteiger partial charge >= 0.3 is 6.03 Å². The number of carbonyl (C=O) groups is 2. The molecule has 0 aliphatic heterocycles. The second kappa shape index (κ2) is 9.58. The molecular formula is C20H25N3O3. The third-order valence-corrected chi connectivity index (χ3v) is 3.85. The number of rotatable bonds is 7. The topological polar surface area (TPSA) is 70.7 Å². The monoisotopic (exact) mass is 355 g/mol. The first-order chi connectivity index (χ1) is 12.5. The standard InChI is InChI=1S/C20H25N3O3/c1-23(2)19(24)18(13-15-7-5-4-6-8-15)22-20(25)21-17-11-9-16(10-12-17)14-26-3/h4-12,18H,13-14H2,1-3H3,(H2,21,22,25). The highest BCUT2D eigenvalue weighted by Gasteiger charge is 2.22. The molecule has 2 rings (SSSR count). The molecule has 0 aromatic heterocycles. The van der Waals surface area contributed by atoms with Crippen LogP contribution in [0.25, 0.3) is 0 Å². The predicted molar refractivity (Wildman–Crippen MR) is 102 cm³/mol. The molecule has 0 spiro atoms. The van der Waals surface area contributed by atoms with Crippen LogP contribution in [0.3, 0.4) is 0 Å². The average Bonchev–Trinajstić information content (AvgIpc) is 2.63. The van der Waals surface area contributed by atoms with Crippen molar-refractivity contribution in [2.24, 2.45) is 0 Å². The zero-order valence-corrected chi connectivity index (χ0v) is 15.4. The lowest BCUT2D eigenvalue weighted by molar-refractivity contribution is -0.130. The number of hydrogen-bond donors (Lipinski definition) is 2. The van der Waals surface area contributed by atoms with Gasteiger partial charge in [-0.2, -0.15) is 0 Å². The molecule has 0 bridgehead atoms. The SMILES string of the molecule is COCc1ccc(NC(=O)NC(Cc2ccccc2)C(=O)N(C)C)cc1. The highest BCUT2D eigenvalue weighted by Crippen LogP contribution is 2.11. The molecule has 0 fully saturated rings. The largest absolute Gasteiger partial charge is 0.380 e. The molecule has 0 radical (unpaired) electrons. The minimum absolute atomic E-state index is 0.153. The molecule has 1 unspecified atom stereocenters. The lowest BCUT2D eigenvalue weighted by Gasteiger charge is -2.22. The van der Waals surface area contributed by atoms with Gasteiger partial charge < -0.3 is 20.3 Å². The number of amides is 3. The van der Waals surface area contributed by atoms with E-state index in [0.717, 1.165) is 11.1 Å². The van der Waals surface area contributed by atoms with E-state index in [0.29, 0.717) is 18.7 Å². The van der Waals surface area contributed by atoms with Crippen LogP contribution in [-0.2, 0) is 22.6 Å². The summed E-state index contributed by atoms with van der Waals surface area (Å²) in [7, 11) is 4.98. The number of methoxy groups -OCH3 is 1. The van der Waals surface area contributed by atoms with Gasteiger partial charge in [0.2, 0.25) is 5.91 Å². The third kappa shape index (κ3) is 5.89. The van der Waals surface area contributed by atoms with Gasteiger partial charge in [-0.05, 0) is 23.3 Å². The summed E-state index contributed by atoms with van der Waals surface area (Å²) in [5.41, 5.74) is 2.65. The molecule has 0 saturated carbocycles. The van der Waals surface area contributed by atoms with Crippen LogP contribution in [0.2, 0.25) is 0 Å². The van der Waals surface area contributed by atoms with E-state index in [2.05, 4.69) is 10.6 Å². The molecule has 3 amide bonds. The second-order valence-corrected chi connectivity index (χ2v) is 6.20. The zero-order chi connectivity index (χ0) is 18.9. The summed E-state index contributed by atoms with van der Waals surface area (Å²) < 4.78 is 5.06. The van der Waals surface area contributed by atoms with Crippen molar-refractivity contribution in [2.45, 2.75) is 19.1 Å². The highest BCUT2D eigenvalue weighted by molar-refractivity contribution is 5.93. The first-order valence-electron chi connectivity index (χ1n) is 8.40. The minimum Gasteiger partial charge on any atom is -0.380 e. The maximum atomic E-state index is 12.4. The van der Waals surface area contributed by atoms with E-state index >= 15 is 0 Å². The number of ether oxygens (including phenoxy) is 1. The van der Waals surface area contributed by atoms with E-state index in [1.54, 1.807) is 33.3 Å². The van der Waals surface area contributed by atoms with Crippen LogP contribution in [0.4, 0.5) is 10.5 Å². The van der Waals surface area contributed by atoms with Gasteiger partial charge in [0, 0.05) is 33.3 Å². The molecular weight excluding hydrogens is 330 g/mol. The highest BCUT2D eigenvalue weighted by atomic mass is 16.5. The number of carbonyl (C=O) groups excluding carboxylic acids is 2. The summed E-state index contributed by atoms with van der Waals surface area (Å²) in [4.78, 5) is 26.2. The first-order valence-corrected chi connectivity index (χ1v) is 8.40. The minimum atomic E-state index is -0.639. The smallest absolute Gasteiger partial charge is 0.319 e. The van der Waals surface area contributed by atoms with Crippen LogP contribution in [0.5, 0.6) is 0 Å². The van der Waals surface area contributed by atoms with Gasteiger partial charge in [0.1, 0.15) is 6.04 Å². The number of nitrogens with one attached hydrogen (secondary N) is 2. The van der Waals surface area contributed by atoms with Crippen LogP contribution >= 0.6 is 0 Å². The zero-order valence-electron chi connectivity index (χ0n) is 15.4. The van der Waals surface area contributed by atoms with Gasteiger partial charge in [0.15, 0.2) is 0 Å². The van der Waals surface area contributed by atoms with Crippen LogP contribution in [0.1, 0.15) is 11.1 Å². The average molecular weight is 355 g/mol. The Morgan fingerprint density at radius 3 is 2.23 bits per heavy atom. The number of nitrogens with zero attached hydrogens (tertiary/aromatic N) is 1. The molecule has 1 atom stereocenters. The molecule has 0 aliphatic carbocycles. The van der Waals surface area contributed by atoms with Gasteiger partial charge in [0.25, 0.3) is 0 Å². The summed E-state index contributed by atoms with van der Waals surface area (Å²) >= 11 is 0. The molecule has 2 N–H and O–H groups in total. The lowest BCUT2D eigenvalue weighted by atomic mass is 10.1. The van der Waals surface area contributed by atoms with E-state index in [9.17, 15) is 9.59 Å². The number of anilines is 1. The molecule has 6 heteroatoms. The van der Waals surface area contributed by atoms with Crippen LogP contribution in [0.15, 0.2) is 54.6 Å². The Hall–Kier alpha value is -2.86. The summed E-state index contributed by atoms with van der Waals surface area (Å²) in [5.74, 6) is -0.153. The number of hydrogen-bond acceptors (Lipinski definition) is 3. The maximum Gasteiger partial charge on any atom is 0.319 e. The molecule has 0 heterocycles. The fourth-order valence-electron chi connectivity index (χ4n) is 2.54. The van der Waals surface area contributed by atoms with Crippen molar-refractivity contribution in [3.05, 3.63) is 65.7 Å². The van der Waals surface area contributed by atoms with Gasteiger partial charge in [-0.3, -0.25) is 4.79 Å². The van der Waals surface area contributed by atoms with Crippen molar-refractivity contribution in [2.75, 3.05) is 26.5 Å². The molecule has 2 aromatic carbocycles. The van der Waals surface area contributed by atoms with Gasteiger partial charge in [0.05, 0.1) is 6.61 Å². The Labute approximate surface area is 154 Å². The molecule has 6 nitrogen and oxygen atoms in total. The molecule has 26 heavy (non-hydrogen) atoms. The van der Waals surface area contributed by atoms with Gasteiger partial charge in [-0.25, -0.2) is 4.79 Å². The second-order valence-electron chi connectivity index (χ2n) is 6.20. The molecule has 0 saturated heterocycles. The number of urea groups is 1. The third-order valence-electron chi connectivity index (χ3n) is 3.85. The van der Waals surface area contributed by atoms with Crippen molar-refractivity contribution in [3.63, 3.8) is 0 Å². The fourth-order valence-corrected chi connectivity index (χ4v) is 2.54. The summed E-state index contributed by atoms with van der Waals surface area (Å²) in [6, 6.07) is 15.9. The van der Waals surface area contributed by atoms with Gasteiger partial charge in [-0.1, -0.05) is 42.5 Å². The van der Waals surface area contributed by atoms with Crippen molar-refractivity contribution >= 4 is 17.6 Å². The van der Waals surface area contributed by atoms with E-state index in [-0.39, 0.29) is 5.91 Å². The summed E-state index contributed by atoms with van der Waals surface area (Å²) in [5, 5.41) is 5.53. The Morgan fingerprint density at radius 2 is 1.65 bits per heavy atom. The van der Waals surface area contributed by atoms with Gasteiger partial charge in [-0.15, -0.1) is 0 Å². The summed E-state index contributed by atoms with van der Waals surface area (Å²) in [6.45, 7) is 0.517. The predicted octanol–water partition coefficient (Wildman–Crippen LogP) is 2.65. The van der Waals surface area contributed by atoms with Crippen molar-refractivity contribution < 1.29 is 14.3 Å². The number of likely N-dealkylation sites (N-methyl/N-ethyl adjacent to an activating group) is 1. The van der Waals surface area contributed by atoms with E-state index in [1.165, 1.54) is 4.90 Å². The van der Waals surface area contributed by atoms with Crippen molar-refractivity contribution in [1.29, 1.82) is 0 Å². The maximum absolute atomic E-state index is 12.4. The normalized spacial score (nSPS) is 11.5. The Balaban J connectivity index is 2.01. The van der Waals surface area contributed by atoms with Crippen LogP contribution in [0, 0.1) is 0 Å². The molecule has 0 aliphatic rings. The number of benzene rings is 2. The molecule has 138 valence electrons.